The third kappa shape index (κ3) is 2.75. The third-order valence-corrected chi connectivity index (χ3v) is 3.02. The first-order valence-corrected chi connectivity index (χ1v) is 6.12. The van der Waals surface area contributed by atoms with Crippen LogP contribution in [0.15, 0.2) is 30.3 Å². The lowest BCUT2D eigenvalue weighted by Gasteiger charge is -2.15. The number of thiocarbonyl (C=S) groups is 1. The normalized spacial score (nSPS) is 10.4. The zero-order valence-electron chi connectivity index (χ0n) is 10.5. The van der Waals surface area contributed by atoms with Crippen molar-refractivity contribution in [2.75, 3.05) is 5.32 Å². The van der Waals surface area contributed by atoms with Gasteiger partial charge in [-0.15, -0.1) is 0 Å². The van der Waals surface area contributed by atoms with E-state index in [1.165, 1.54) is 0 Å². The summed E-state index contributed by atoms with van der Waals surface area (Å²) in [5.74, 6) is -3.04. The molecule has 0 aliphatic carbocycles. The van der Waals surface area contributed by atoms with Crippen LogP contribution in [0, 0.1) is 24.4 Å². The highest BCUT2D eigenvalue weighted by Gasteiger charge is 2.15. The number of nitrogens with one attached hydrogen (secondary N) is 1. The first-order chi connectivity index (χ1) is 9.40. The van der Waals surface area contributed by atoms with E-state index in [1.807, 2.05) is 0 Å². The molecule has 2 rings (SSSR count). The van der Waals surface area contributed by atoms with Crippen molar-refractivity contribution in [2.45, 2.75) is 6.92 Å². The van der Waals surface area contributed by atoms with E-state index in [-0.39, 0.29) is 4.99 Å². The second-order valence-electron chi connectivity index (χ2n) is 4.23. The lowest BCUT2D eigenvalue weighted by molar-refractivity contribution is 0.549. The Labute approximate surface area is 119 Å². The number of benzene rings is 2. The Morgan fingerprint density at radius 1 is 1.10 bits per heavy atom. The Morgan fingerprint density at radius 3 is 2.25 bits per heavy atom. The number of anilines is 2. The number of hydrogen-bond donors (Lipinski definition) is 2. The smallest absolute Gasteiger partial charge is 0.152 e. The van der Waals surface area contributed by atoms with Crippen molar-refractivity contribution in [2.24, 2.45) is 5.73 Å². The summed E-state index contributed by atoms with van der Waals surface area (Å²) in [6.45, 7) is 1.74. The molecule has 2 aromatic rings. The van der Waals surface area contributed by atoms with Gasteiger partial charge < -0.3 is 11.1 Å². The van der Waals surface area contributed by atoms with Gasteiger partial charge in [0.15, 0.2) is 11.6 Å². The molecule has 3 N–H and O–H groups in total. The second-order valence-corrected chi connectivity index (χ2v) is 4.67. The minimum absolute atomic E-state index is 0.0964. The van der Waals surface area contributed by atoms with Crippen molar-refractivity contribution in [3.05, 3.63) is 58.9 Å². The van der Waals surface area contributed by atoms with Crippen LogP contribution in [0.4, 0.5) is 24.5 Å². The minimum Gasteiger partial charge on any atom is -0.389 e. The Balaban J connectivity index is 2.53. The van der Waals surface area contributed by atoms with Crippen LogP contribution in [0.5, 0.6) is 0 Å². The summed E-state index contributed by atoms with van der Waals surface area (Å²) in [6, 6.07) is 6.31. The SMILES string of the molecule is Cc1cccc(C(N)=S)c1Nc1c(F)cc(F)cc1F. The van der Waals surface area contributed by atoms with Crippen LogP contribution in [0.3, 0.4) is 0 Å². The summed E-state index contributed by atoms with van der Waals surface area (Å²) in [7, 11) is 0. The van der Waals surface area contributed by atoms with Crippen molar-refractivity contribution in [1.29, 1.82) is 0 Å². The molecule has 0 saturated heterocycles. The fraction of sp³-hybridized carbons (Fsp3) is 0.0714. The van der Waals surface area contributed by atoms with Gasteiger partial charge in [0.05, 0.1) is 5.69 Å². The average molecular weight is 296 g/mol. The van der Waals surface area contributed by atoms with Gasteiger partial charge in [-0.05, 0) is 18.6 Å². The summed E-state index contributed by atoms with van der Waals surface area (Å²) in [6.07, 6.45) is 0. The molecule has 0 saturated carbocycles. The highest BCUT2D eigenvalue weighted by molar-refractivity contribution is 7.80. The van der Waals surface area contributed by atoms with Gasteiger partial charge in [0, 0.05) is 17.7 Å². The van der Waals surface area contributed by atoms with Gasteiger partial charge >= 0.3 is 0 Å². The molecule has 104 valence electrons. The molecule has 0 aromatic heterocycles. The summed E-state index contributed by atoms with van der Waals surface area (Å²) in [5.41, 5.74) is 6.70. The number of rotatable bonds is 3. The number of aryl methyl sites for hydroxylation is 1. The molecule has 0 atom stereocenters. The molecule has 0 bridgehead atoms. The predicted molar refractivity (Wildman–Crippen MR) is 76.7 cm³/mol. The zero-order valence-corrected chi connectivity index (χ0v) is 11.3. The standard InChI is InChI=1S/C14H11F3N2S/c1-7-3-2-4-9(14(18)20)12(7)19-13-10(16)5-8(15)6-11(13)17/h2-6,19H,1H3,(H2,18,20). The molecule has 0 fully saturated rings. The molecule has 2 nitrogen and oxygen atoms in total. The van der Waals surface area contributed by atoms with Crippen LogP contribution in [0.25, 0.3) is 0 Å². The van der Waals surface area contributed by atoms with Crippen LogP contribution >= 0.6 is 12.2 Å². The van der Waals surface area contributed by atoms with Crippen LogP contribution < -0.4 is 11.1 Å². The Bertz CT molecular complexity index is 663. The second kappa shape index (κ2) is 5.50. The van der Waals surface area contributed by atoms with Crippen molar-refractivity contribution in [3.8, 4) is 0 Å². The van der Waals surface area contributed by atoms with Crippen LogP contribution in [-0.4, -0.2) is 4.99 Å². The molecule has 0 amide bonds. The van der Waals surface area contributed by atoms with E-state index in [4.69, 9.17) is 18.0 Å². The van der Waals surface area contributed by atoms with Crippen molar-refractivity contribution >= 4 is 28.6 Å². The van der Waals surface area contributed by atoms with E-state index in [0.29, 0.717) is 28.9 Å². The van der Waals surface area contributed by atoms with E-state index < -0.39 is 23.1 Å². The highest BCUT2D eigenvalue weighted by atomic mass is 32.1. The van der Waals surface area contributed by atoms with Crippen LogP contribution in [-0.2, 0) is 0 Å². The summed E-state index contributed by atoms with van der Waals surface area (Å²) in [4.78, 5) is 0.0964. The molecule has 0 unspecified atom stereocenters. The lowest BCUT2D eigenvalue weighted by Crippen LogP contribution is -2.13. The van der Waals surface area contributed by atoms with E-state index in [2.05, 4.69) is 5.32 Å². The molecule has 0 heterocycles. The zero-order chi connectivity index (χ0) is 14.9. The number of para-hydroxylation sites is 1. The van der Waals surface area contributed by atoms with Gasteiger partial charge in [0.25, 0.3) is 0 Å². The minimum atomic E-state index is -1.03. The number of hydrogen-bond acceptors (Lipinski definition) is 2. The van der Waals surface area contributed by atoms with Gasteiger partial charge in [-0.1, -0.05) is 24.4 Å². The quantitative estimate of drug-likeness (QED) is 0.846. The van der Waals surface area contributed by atoms with Gasteiger partial charge in [-0.25, -0.2) is 13.2 Å². The van der Waals surface area contributed by atoms with E-state index in [1.54, 1.807) is 25.1 Å². The molecular weight excluding hydrogens is 285 g/mol. The largest absolute Gasteiger partial charge is 0.389 e. The molecule has 6 heteroatoms. The maximum Gasteiger partial charge on any atom is 0.152 e. The predicted octanol–water partition coefficient (Wildman–Crippen LogP) is 3.79. The highest BCUT2D eigenvalue weighted by Crippen LogP contribution is 2.29. The fourth-order valence-electron chi connectivity index (χ4n) is 1.83. The maximum absolute atomic E-state index is 13.7. The monoisotopic (exact) mass is 296 g/mol. The first kappa shape index (κ1) is 14.3. The van der Waals surface area contributed by atoms with Crippen molar-refractivity contribution in [1.82, 2.24) is 0 Å². The molecule has 0 aliphatic heterocycles. The van der Waals surface area contributed by atoms with Gasteiger partial charge in [-0.3, -0.25) is 0 Å². The maximum atomic E-state index is 13.7. The Kier molecular flexibility index (Phi) is 3.94. The molecule has 0 aliphatic rings. The van der Waals surface area contributed by atoms with Gasteiger partial charge in [0.2, 0.25) is 0 Å². The van der Waals surface area contributed by atoms with Crippen LogP contribution in [0.1, 0.15) is 11.1 Å². The summed E-state index contributed by atoms with van der Waals surface area (Å²) < 4.78 is 40.2. The lowest BCUT2D eigenvalue weighted by atomic mass is 10.1. The third-order valence-electron chi connectivity index (χ3n) is 2.80. The topological polar surface area (TPSA) is 38.0 Å². The van der Waals surface area contributed by atoms with Crippen LogP contribution in [0.2, 0.25) is 0 Å². The van der Waals surface area contributed by atoms with Crippen molar-refractivity contribution < 1.29 is 13.2 Å². The van der Waals surface area contributed by atoms with E-state index in [0.717, 1.165) is 0 Å². The Hall–Kier alpha value is -2.08. The summed E-state index contributed by atoms with van der Waals surface area (Å²) in [5, 5.41) is 2.60. The van der Waals surface area contributed by atoms with E-state index >= 15 is 0 Å². The molecule has 20 heavy (non-hydrogen) atoms. The van der Waals surface area contributed by atoms with Gasteiger partial charge in [0.1, 0.15) is 16.5 Å². The molecule has 0 radical (unpaired) electrons. The molecule has 0 spiro atoms. The van der Waals surface area contributed by atoms with Gasteiger partial charge in [-0.2, -0.15) is 0 Å². The van der Waals surface area contributed by atoms with E-state index in [9.17, 15) is 13.2 Å². The Morgan fingerprint density at radius 2 is 1.70 bits per heavy atom. The fourth-order valence-corrected chi connectivity index (χ4v) is 2.00. The summed E-state index contributed by atoms with van der Waals surface area (Å²) >= 11 is 4.90. The molecular formula is C14H11F3N2S. The first-order valence-electron chi connectivity index (χ1n) is 5.71. The molecule has 2 aromatic carbocycles. The van der Waals surface area contributed by atoms with Crippen molar-refractivity contribution in [3.63, 3.8) is 0 Å². The number of halogens is 3. The average Bonchev–Trinajstić information content (AvgIpc) is 2.34. The number of nitrogens with two attached hydrogens (primary N) is 1.